The van der Waals surface area contributed by atoms with Crippen molar-refractivity contribution in [3.63, 3.8) is 0 Å². The highest BCUT2D eigenvalue weighted by Crippen LogP contribution is 2.20. The second kappa shape index (κ2) is 11.5. The maximum Gasteiger partial charge on any atom is 0.326 e. The molecule has 3 N–H and O–H groups in total. The van der Waals surface area contributed by atoms with Gasteiger partial charge < -0.3 is 25.2 Å². The first-order chi connectivity index (χ1) is 14.1. The van der Waals surface area contributed by atoms with E-state index in [9.17, 15) is 29.1 Å². The predicted octanol–water partition coefficient (Wildman–Crippen LogP) is -0.0985. The molecule has 0 spiro atoms. The highest BCUT2D eigenvalue weighted by molar-refractivity contribution is 5.97. The van der Waals surface area contributed by atoms with Crippen LogP contribution < -0.4 is 10.6 Å². The molecule has 0 unspecified atom stereocenters. The Labute approximate surface area is 173 Å². The van der Waals surface area contributed by atoms with E-state index in [1.54, 1.807) is 30.3 Å². The minimum absolute atomic E-state index is 0.115. The molecule has 10 nitrogen and oxygen atoms in total. The van der Waals surface area contributed by atoms with Crippen LogP contribution in [-0.2, 0) is 39.9 Å². The maximum absolute atomic E-state index is 12.8. The number of hydrogen-bond donors (Lipinski definition) is 3. The normalized spacial score (nSPS) is 13.5. The second-order valence-corrected chi connectivity index (χ2v) is 6.65. The Hall–Kier alpha value is -3.43. The van der Waals surface area contributed by atoms with Gasteiger partial charge in [0, 0.05) is 19.3 Å². The molecule has 10 heteroatoms. The Kier molecular flexibility index (Phi) is 9.47. The molecule has 0 aliphatic carbocycles. The summed E-state index contributed by atoms with van der Waals surface area (Å²) >= 11 is 0. The number of carboxylic acid groups (broad SMARTS) is 1. The Bertz CT molecular complexity index is 764. The van der Waals surface area contributed by atoms with Crippen LogP contribution in [0.15, 0.2) is 30.3 Å². The summed E-state index contributed by atoms with van der Waals surface area (Å²) in [7, 11) is 2.10. The van der Waals surface area contributed by atoms with Gasteiger partial charge in [-0.2, -0.15) is 0 Å². The summed E-state index contributed by atoms with van der Waals surface area (Å²) < 4.78 is 9.14. The van der Waals surface area contributed by atoms with Crippen LogP contribution >= 0.6 is 0 Å². The van der Waals surface area contributed by atoms with Crippen LogP contribution in [0.5, 0.6) is 0 Å². The van der Waals surface area contributed by atoms with Gasteiger partial charge in [0.05, 0.1) is 14.2 Å². The number of hydrogen-bond acceptors (Lipinski definition) is 7. The lowest BCUT2D eigenvalue weighted by Crippen LogP contribution is -2.56. The molecule has 0 aliphatic heterocycles. The topological polar surface area (TPSA) is 148 Å². The van der Waals surface area contributed by atoms with Crippen molar-refractivity contribution in [1.82, 2.24) is 10.6 Å². The van der Waals surface area contributed by atoms with E-state index >= 15 is 0 Å². The van der Waals surface area contributed by atoms with E-state index in [1.165, 1.54) is 13.8 Å². The fourth-order valence-electron chi connectivity index (χ4n) is 2.95. The fraction of sp³-hybridized carbons (Fsp3) is 0.450. The van der Waals surface area contributed by atoms with Crippen molar-refractivity contribution in [2.24, 2.45) is 11.8 Å². The molecule has 1 rings (SSSR count). The summed E-state index contributed by atoms with van der Waals surface area (Å²) in [6.07, 6.45) is 0.115. The predicted molar refractivity (Wildman–Crippen MR) is 104 cm³/mol. The number of rotatable bonds is 10. The van der Waals surface area contributed by atoms with Crippen LogP contribution in [0.1, 0.15) is 19.4 Å². The van der Waals surface area contributed by atoms with Crippen molar-refractivity contribution in [3.05, 3.63) is 35.9 Å². The molecule has 0 saturated carbocycles. The Morgan fingerprint density at radius 2 is 1.50 bits per heavy atom. The largest absolute Gasteiger partial charge is 0.480 e. The fourth-order valence-corrected chi connectivity index (χ4v) is 2.95. The standard InChI is InChI=1S/C20H26N2O8/c1-11(15(19(27)29-3)20(28)30-4)16(18(25)26)22-17(24)14(21-12(2)23)10-13-8-6-5-7-9-13/h5-9,11,14-16H,10H2,1-4H3,(H,21,23)(H,22,24)(H,25,26)/t11-,14-,16-/m1/s1. The zero-order valence-electron chi connectivity index (χ0n) is 17.2. The molecule has 0 fully saturated rings. The van der Waals surface area contributed by atoms with Gasteiger partial charge in [0.1, 0.15) is 12.1 Å². The molecule has 2 amide bonds. The first kappa shape index (κ1) is 24.6. The first-order valence-electron chi connectivity index (χ1n) is 9.12. The molecule has 0 bridgehead atoms. The molecule has 164 valence electrons. The molecule has 30 heavy (non-hydrogen) atoms. The van der Waals surface area contributed by atoms with Crippen molar-refractivity contribution in [2.45, 2.75) is 32.4 Å². The number of benzene rings is 1. The molecular formula is C20H26N2O8. The Morgan fingerprint density at radius 1 is 0.967 bits per heavy atom. The lowest BCUT2D eigenvalue weighted by atomic mass is 9.87. The van der Waals surface area contributed by atoms with E-state index in [0.29, 0.717) is 0 Å². The number of methoxy groups -OCH3 is 2. The van der Waals surface area contributed by atoms with E-state index < -0.39 is 53.6 Å². The smallest absolute Gasteiger partial charge is 0.326 e. The number of nitrogens with one attached hydrogen (secondary N) is 2. The quantitative estimate of drug-likeness (QED) is 0.350. The Balaban J connectivity index is 3.11. The van der Waals surface area contributed by atoms with Crippen molar-refractivity contribution in [2.75, 3.05) is 14.2 Å². The molecule has 0 saturated heterocycles. The van der Waals surface area contributed by atoms with Crippen molar-refractivity contribution in [1.29, 1.82) is 0 Å². The van der Waals surface area contributed by atoms with Gasteiger partial charge in [-0.15, -0.1) is 0 Å². The van der Waals surface area contributed by atoms with Crippen LogP contribution in [0.3, 0.4) is 0 Å². The average molecular weight is 422 g/mol. The summed E-state index contributed by atoms with van der Waals surface area (Å²) in [5.41, 5.74) is 0.744. The number of carbonyl (C=O) groups is 5. The van der Waals surface area contributed by atoms with Gasteiger partial charge in [-0.3, -0.25) is 19.2 Å². The second-order valence-electron chi connectivity index (χ2n) is 6.65. The summed E-state index contributed by atoms with van der Waals surface area (Å²) in [5, 5.41) is 14.4. The van der Waals surface area contributed by atoms with Crippen molar-refractivity contribution < 1.29 is 38.6 Å². The van der Waals surface area contributed by atoms with Crippen LogP contribution in [-0.4, -0.2) is 61.1 Å². The minimum Gasteiger partial charge on any atom is -0.480 e. The van der Waals surface area contributed by atoms with Gasteiger partial charge in [0.25, 0.3) is 0 Å². The molecule has 1 aromatic rings. The number of ether oxygens (including phenoxy) is 2. The van der Waals surface area contributed by atoms with E-state index in [2.05, 4.69) is 20.1 Å². The maximum atomic E-state index is 12.8. The van der Waals surface area contributed by atoms with Gasteiger partial charge >= 0.3 is 17.9 Å². The molecule has 3 atom stereocenters. The number of esters is 2. The molecule has 0 aromatic heterocycles. The van der Waals surface area contributed by atoms with E-state index in [-0.39, 0.29) is 6.42 Å². The van der Waals surface area contributed by atoms with E-state index in [1.807, 2.05) is 0 Å². The van der Waals surface area contributed by atoms with Gasteiger partial charge in [-0.25, -0.2) is 4.79 Å². The highest BCUT2D eigenvalue weighted by atomic mass is 16.5. The zero-order chi connectivity index (χ0) is 22.8. The van der Waals surface area contributed by atoms with Gasteiger partial charge in [-0.05, 0) is 5.56 Å². The van der Waals surface area contributed by atoms with E-state index in [0.717, 1.165) is 19.8 Å². The minimum atomic E-state index is -1.62. The lowest BCUT2D eigenvalue weighted by molar-refractivity contribution is -0.163. The van der Waals surface area contributed by atoms with Gasteiger partial charge in [0.2, 0.25) is 11.8 Å². The first-order valence-corrected chi connectivity index (χ1v) is 9.12. The van der Waals surface area contributed by atoms with Crippen LogP contribution in [0.25, 0.3) is 0 Å². The van der Waals surface area contributed by atoms with Gasteiger partial charge in [-0.1, -0.05) is 37.3 Å². The van der Waals surface area contributed by atoms with Crippen LogP contribution in [0.2, 0.25) is 0 Å². The molecular weight excluding hydrogens is 396 g/mol. The summed E-state index contributed by atoms with van der Waals surface area (Å²) in [6.45, 7) is 2.54. The molecule has 0 radical (unpaired) electrons. The summed E-state index contributed by atoms with van der Waals surface area (Å²) in [6, 6.07) is 6.14. The SMILES string of the molecule is COC(=O)C(C(=O)OC)[C@@H](C)[C@@H](NC(=O)[C@@H](Cc1ccccc1)NC(C)=O)C(=O)O. The number of carboxylic acids is 1. The van der Waals surface area contributed by atoms with Crippen molar-refractivity contribution in [3.8, 4) is 0 Å². The third kappa shape index (κ3) is 6.87. The third-order valence-corrected chi connectivity index (χ3v) is 4.50. The Morgan fingerprint density at radius 3 is 1.93 bits per heavy atom. The molecule has 1 aromatic carbocycles. The number of amides is 2. The van der Waals surface area contributed by atoms with E-state index in [4.69, 9.17) is 0 Å². The zero-order valence-corrected chi connectivity index (χ0v) is 17.2. The monoisotopic (exact) mass is 422 g/mol. The van der Waals surface area contributed by atoms with Crippen molar-refractivity contribution >= 4 is 29.7 Å². The highest BCUT2D eigenvalue weighted by Gasteiger charge is 2.42. The summed E-state index contributed by atoms with van der Waals surface area (Å²) in [4.78, 5) is 60.1. The molecule has 0 heterocycles. The number of aliphatic carboxylic acids is 1. The number of carbonyl (C=O) groups excluding carboxylic acids is 4. The van der Waals surface area contributed by atoms with Gasteiger partial charge in [0.15, 0.2) is 5.92 Å². The summed E-state index contributed by atoms with van der Waals surface area (Å²) in [5.74, 6) is -7.45. The molecule has 0 aliphatic rings. The third-order valence-electron chi connectivity index (χ3n) is 4.50. The van der Waals surface area contributed by atoms with Crippen LogP contribution in [0.4, 0.5) is 0 Å². The lowest BCUT2D eigenvalue weighted by Gasteiger charge is -2.27. The average Bonchev–Trinajstić information content (AvgIpc) is 2.71. The van der Waals surface area contributed by atoms with Crippen LogP contribution in [0, 0.1) is 11.8 Å².